The number of ether oxygens (including phenoxy) is 4. The van der Waals surface area contributed by atoms with Gasteiger partial charge in [0.05, 0.1) is 40.2 Å². The Morgan fingerprint density at radius 3 is 2.10 bits per heavy atom. The molecule has 9 nitrogen and oxygen atoms in total. The first kappa shape index (κ1) is 22.0. The molecular formula is C21H31N3O6. The highest BCUT2D eigenvalue weighted by Crippen LogP contribution is 2.40. The van der Waals surface area contributed by atoms with Crippen LogP contribution < -0.4 is 19.5 Å². The van der Waals surface area contributed by atoms with Crippen molar-refractivity contribution in [3.63, 3.8) is 0 Å². The van der Waals surface area contributed by atoms with E-state index in [2.05, 4.69) is 5.32 Å². The first-order chi connectivity index (χ1) is 14.5. The van der Waals surface area contributed by atoms with Crippen molar-refractivity contribution < 1.29 is 28.5 Å². The van der Waals surface area contributed by atoms with Crippen LogP contribution in [0.15, 0.2) is 12.1 Å². The Kier molecular flexibility index (Phi) is 7.62. The van der Waals surface area contributed by atoms with Gasteiger partial charge in [-0.2, -0.15) is 0 Å². The van der Waals surface area contributed by atoms with Crippen LogP contribution >= 0.6 is 0 Å². The van der Waals surface area contributed by atoms with E-state index in [0.29, 0.717) is 74.7 Å². The minimum Gasteiger partial charge on any atom is -0.493 e. The Hall–Kier alpha value is -2.68. The van der Waals surface area contributed by atoms with E-state index in [-0.39, 0.29) is 11.9 Å². The van der Waals surface area contributed by atoms with Crippen molar-refractivity contribution in [3.05, 3.63) is 12.1 Å². The molecule has 9 heteroatoms. The summed E-state index contributed by atoms with van der Waals surface area (Å²) in [6.07, 6.45) is 2.18. The van der Waals surface area contributed by atoms with Gasteiger partial charge in [0.2, 0.25) is 11.7 Å². The molecule has 1 aromatic rings. The molecule has 2 aliphatic rings. The number of likely N-dealkylation sites (tertiary alicyclic amines) is 1. The second-order valence-corrected chi connectivity index (χ2v) is 7.47. The lowest BCUT2D eigenvalue weighted by atomic mass is 9.93. The van der Waals surface area contributed by atoms with Crippen LogP contribution in [-0.4, -0.2) is 82.5 Å². The van der Waals surface area contributed by atoms with E-state index in [1.807, 2.05) is 4.90 Å². The van der Waals surface area contributed by atoms with E-state index >= 15 is 0 Å². The van der Waals surface area contributed by atoms with Crippen LogP contribution in [0.25, 0.3) is 0 Å². The molecule has 1 aromatic carbocycles. The first-order valence-corrected chi connectivity index (χ1v) is 10.3. The Bertz CT molecular complexity index is 717. The number of piperidine rings is 1. The zero-order valence-electron chi connectivity index (χ0n) is 17.9. The lowest BCUT2D eigenvalue weighted by Crippen LogP contribution is -2.44. The van der Waals surface area contributed by atoms with Crippen molar-refractivity contribution in [2.45, 2.75) is 19.3 Å². The minimum atomic E-state index is -0.178. The topological polar surface area (TPSA) is 89.6 Å². The molecule has 0 aliphatic carbocycles. The fourth-order valence-electron chi connectivity index (χ4n) is 3.88. The monoisotopic (exact) mass is 421 g/mol. The molecule has 2 heterocycles. The molecule has 0 aromatic heterocycles. The van der Waals surface area contributed by atoms with Gasteiger partial charge in [0, 0.05) is 44.7 Å². The molecule has 2 saturated heterocycles. The molecule has 166 valence electrons. The quantitative estimate of drug-likeness (QED) is 0.758. The highest BCUT2D eigenvalue weighted by molar-refractivity contribution is 5.90. The number of urea groups is 1. The predicted molar refractivity (Wildman–Crippen MR) is 111 cm³/mol. The summed E-state index contributed by atoms with van der Waals surface area (Å²) in [6, 6.07) is 3.22. The Morgan fingerprint density at radius 1 is 0.967 bits per heavy atom. The summed E-state index contributed by atoms with van der Waals surface area (Å²) in [5.41, 5.74) is 0.569. The van der Waals surface area contributed by atoms with Gasteiger partial charge < -0.3 is 34.1 Å². The van der Waals surface area contributed by atoms with Crippen LogP contribution in [-0.2, 0) is 9.53 Å². The number of morpholine rings is 1. The van der Waals surface area contributed by atoms with E-state index in [1.54, 1.807) is 17.0 Å². The van der Waals surface area contributed by atoms with Gasteiger partial charge in [-0.25, -0.2) is 4.79 Å². The number of nitrogens with one attached hydrogen (secondary N) is 1. The third-order valence-corrected chi connectivity index (χ3v) is 5.64. The summed E-state index contributed by atoms with van der Waals surface area (Å²) in [4.78, 5) is 28.8. The highest BCUT2D eigenvalue weighted by atomic mass is 16.5. The molecule has 0 unspecified atom stereocenters. The lowest BCUT2D eigenvalue weighted by Gasteiger charge is -2.33. The number of methoxy groups -OCH3 is 3. The number of nitrogens with zero attached hydrogens (tertiary/aromatic N) is 2. The zero-order valence-corrected chi connectivity index (χ0v) is 17.9. The molecule has 1 N–H and O–H groups in total. The lowest BCUT2D eigenvalue weighted by molar-refractivity contribution is -0.136. The number of rotatable bonds is 6. The Morgan fingerprint density at radius 2 is 1.57 bits per heavy atom. The molecule has 0 spiro atoms. The molecule has 3 amide bonds. The van der Waals surface area contributed by atoms with Crippen LogP contribution in [0.2, 0.25) is 0 Å². The van der Waals surface area contributed by atoms with E-state index in [4.69, 9.17) is 18.9 Å². The SMILES string of the molecule is COc1cc(NC(=O)N2CCC(CC(=O)N3CCOCC3)CC2)cc(OC)c1OC. The van der Waals surface area contributed by atoms with Gasteiger partial charge in [0.25, 0.3) is 0 Å². The van der Waals surface area contributed by atoms with Gasteiger partial charge >= 0.3 is 6.03 Å². The minimum absolute atomic E-state index is 0.178. The maximum Gasteiger partial charge on any atom is 0.321 e. The number of amides is 3. The van der Waals surface area contributed by atoms with E-state index < -0.39 is 0 Å². The summed E-state index contributed by atoms with van der Waals surface area (Å²) in [5.74, 6) is 1.94. The molecule has 3 rings (SSSR count). The van der Waals surface area contributed by atoms with Crippen LogP contribution in [0.4, 0.5) is 10.5 Å². The molecule has 0 radical (unpaired) electrons. The molecule has 2 aliphatic heterocycles. The molecular weight excluding hydrogens is 390 g/mol. The standard InChI is InChI=1S/C21H31N3O6/c1-27-17-13-16(14-18(28-2)20(17)29-3)22-21(26)24-6-4-15(5-7-24)12-19(25)23-8-10-30-11-9-23/h13-15H,4-12H2,1-3H3,(H,22,26). The van der Waals surface area contributed by atoms with Crippen molar-refractivity contribution in [2.75, 3.05) is 66.0 Å². The largest absolute Gasteiger partial charge is 0.493 e. The fourth-order valence-corrected chi connectivity index (χ4v) is 3.88. The van der Waals surface area contributed by atoms with Crippen molar-refractivity contribution in [3.8, 4) is 17.2 Å². The second kappa shape index (κ2) is 10.4. The number of hydrogen-bond donors (Lipinski definition) is 1. The number of carbonyl (C=O) groups excluding carboxylic acids is 2. The third-order valence-electron chi connectivity index (χ3n) is 5.64. The highest BCUT2D eigenvalue weighted by Gasteiger charge is 2.27. The third kappa shape index (κ3) is 5.27. The number of benzene rings is 1. The summed E-state index contributed by atoms with van der Waals surface area (Å²) >= 11 is 0. The summed E-state index contributed by atoms with van der Waals surface area (Å²) in [6.45, 7) is 3.83. The van der Waals surface area contributed by atoms with Crippen LogP contribution in [0.3, 0.4) is 0 Å². The first-order valence-electron chi connectivity index (χ1n) is 10.3. The van der Waals surface area contributed by atoms with E-state index in [0.717, 1.165) is 12.8 Å². The normalized spacial score (nSPS) is 17.4. The second-order valence-electron chi connectivity index (χ2n) is 7.47. The molecule has 0 atom stereocenters. The summed E-state index contributed by atoms with van der Waals surface area (Å²) in [7, 11) is 4.60. The number of hydrogen-bond acceptors (Lipinski definition) is 6. The summed E-state index contributed by atoms with van der Waals surface area (Å²) in [5, 5.41) is 2.90. The van der Waals surface area contributed by atoms with Crippen LogP contribution in [0.1, 0.15) is 19.3 Å². The Balaban J connectivity index is 1.52. The fraction of sp³-hybridized carbons (Fsp3) is 0.619. The zero-order chi connectivity index (χ0) is 21.5. The van der Waals surface area contributed by atoms with Crippen LogP contribution in [0, 0.1) is 5.92 Å². The van der Waals surface area contributed by atoms with Gasteiger partial charge in [-0.3, -0.25) is 4.79 Å². The van der Waals surface area contributed by atoms with Crippen molar-refractivity contribution >= 4 is 17.6 Å². The maximum absolute atomic E-state index is 12.7. The van der Waals surface area contributed by atoms with Gasteiger partial charge in [-0.05, 0) is 18.8 Å². The van der Waals surface area contributed by atoms with Crippen LogP contribution in [0.5, 0.6) is 17.2 Å². The van der Waals surface area contributed by atoms with Gasteiger partial charge in [-0.1, -0.05) is 0 Å². The van der Waals surface area contributed by atoms with E-state index in [9.17, 15) is 9.59 Å². The summed E-state index contributed by atoms with van der Waals surface area (Å²) < 4.78 is 21.3. The van der Waals surface area contributed by atoms with Crippen molar-refractivity contribution in [1.82, 2.24) is 9.80 Å². The van der Waals surface area contributed by atoms with Crippen molar-refractivity contribution in [1.29, 1.82) is 0 Å². The molecule has 30 heavy (non-hydrogen) atoms. The number of anilines is 1. The predicted octanol–water partition coefficient (Wildman–Crippen LogP) is 2.21. The van der Waals surface area contributed by atoms with Gasteiger partial charge in [0.1, 0.15) is 0 Å². The average Bonchev–Trinajstić information content (AvgIpc) is 2.79. The Labute approximate surface area is 177 Å². The van der Waals surface area contributed by atoms with E-state index in [1.165, 1.54) is 21.3 Å². The van der Waals surface area contributed by atoms with Gasteiger partial charge in [0.15, 0.2) is 11.5 Å². The van der Waals surface area contributed by atoms with Gasteiger partial charge in [-0.15, -0.1) is 0 Å². The molecule has 0 bridgehead atoms. The molecule has 0 saturated carbocycles. The average molecular weight is 421 g/mol. The smallest absolute Gasteiger partial charge is 0.321 e. The molecule has 2 fully saturated rings. The maximum atomic E-state index is 12.7. The van der Waals surface area contributed by atoms with Crippen molar-refractivity contribution in [2.24, 2.45) is 5.92 Å². The number of carbonyl (C=O) groups is 2.